The molecule has 6 amide bonds. The third-order valence-corrected chi connectivity index (χ3v) is 13.5. The van der Waals surface area contributed by atoms with E-state index in [-0.39, 0.29) is 95.9 Å². The van der Waals surface area contributed by atoms with Crippen LogP contribution in [0.1, 0.15) is 148 Å². The lowest BCUT2D eigenvalue weighted by molar-refractivity contribution is -0.157. The van der Waals surface area contributed by atoms with E-state index in [1.807, 2.05) is 0 Å². The fraction of sp³-hybridized carbons (Fsp3) is 0.485. The van der Waals surface area contributed by atoms with Gasteiger partial charge >= 0.3 is 5.97 Å². The van der Waals surface area contributed by atoms with Gasteiger partial charge in [0.2, 0.25) is 35.4 Å². The molecular formula is C68H101N15O10. The largest absolute Gasteiger partial charge is 0.460 e. The monoisotopic (exact) mass is 1300 g/mol. The second kappa shape index (κ2) is 42.9. The minimum atomic E-state index is -3.53. The first-order chi connectivity index (χ1) is 50.7. The number of benzene rings is 4. The number of aliphatic imine (C=N–C) groups is 2. The lowest BCUT2D eigenvalue weighted by Gasteiger charge is -2.26. The number of Topliss-reactive ketones (excluding diaryl/α,β-unsaturated/α-hetero) is 2. The van der Waals surface area contributed by atoms with Crippen molar-refractivity contribution in [2.24, 2.45) is 79.3 Å². The van der Waals surface area contributed by atoms with E-state index in [1.54, 1.807) is 81.4 Å². The zero-order valence-corrected chi connectivity index (χ0v) is 52.8. The van der Waals surface area contributed by atoms with Crippen LogP contribution in [0, 0.1) is 17.7 Å². The van der Waals surface area contributed by atoms with E-state index in [0.717, 1.165) is 5.56 Å². The number of esters is 1. The maximum atomic E-state index is 14.4. The van der Waals surface area contributed by atoms with E-state index in [1.165, 1.54) is 0 Å². The van der Waals surface area contributed by atoms with Crippen molar-refractivity contribution in [2.75, 3.05) is 26.2 Å². The molecule has 25 heteroatoms. The van der Waals surface area contributed by atoms with Crippen LogP contribution in [0.4, 0.5) is 0 Å². The smallest absolute Gasteiger partial charge is 0.307 e. The number of unbranched alkanes of at least 4 members (excludes halogenated alkanes) is 2. The molecule has 0 aliphatic heterocycles. The number of carbonyl (C=O) groups excluding carboxylic acids is 9. The van der Waals surface area contributed by atoms with Crippen LogP contribution in [0.5, 0.6) is 0 Å². The molecular weight excluding hydrogens is 1190 g/mol. The van der Waals surface area contributed by atoms with E-state index in [4.69, 9.17) is 75.5 Å². The van der Waals surface area contributed by atoms with Gasteiger partial charge in [-0.2, -0.15) is 0 Å². The van der Waals surface area contributed by atoms with Crippen LogP contribution in [0.3, 0.4) is 0 Å². The lowest BCUT2D eigenvalue weighted by atomic mass is 9.89. The van der Waals surface area contributed by atoms with Crippen molar-refractivity contribution < 1.29 is 69.8 Å². The number of rotatable bonds is 42. The number of guanidine groups is 2. The highest BCUT2D eigenvalue weighted by atomic mass is 16.6. The second-order valence-corrected chi connectivity index (χ2v) is 22.4. The molecule has 0 unspecified atom stereocenters. The molecule has 0 heterocycles. The Morgan fingerprint density at radius 1 is 0.495 bits per heavy atom. The summed E-state index contributed by atoms with van der Waals surface area (Å²) in [6.07, 6.45) is -8.89. The van der Waals surface area contributed by atoms with Gasteiger partial charge in [-0.15, -0.1) is 0 Å². The van der Waals surface area contributed by atoms with Crippen molar-refractivity contribution in [1.29, 1.82) is 0 Å². The molecule has 508 valence electrons. The maximum absolute atomic E-state index is 14.4. The van der Waals surface area contributed by atoms with Gasteiger partial charge in [0.15, 0.2) is 23.5 Å². The summed E-state index contributed by atoms with van der Waals surface area (Å²) in [6.45, 7) is 5.42. The van der Waals surface area contributed by atoms with Crippen LogP contribution in [-0.4, -0.2) is 127 Å². The van der Waals surface area contributed by atoms with E-state index in [0.29, 0.717) is 24.8 Å². The maximum Gasteiger partial charge on any atom is 0.307 e. The number of amides is 6. The van der Waals surface area contributed by atoms with Crippen molar-refractivity contribution in [1.82, 2.24) is 21.3 Å². The molecule has 0 aromatic heterocycles. The lowest BCUT2D eigenvalue weighted by Crippen LogP contribution is -2.51. The Kier molecular flexibility index (Phi) is 25.6. The first-order valence-electron chi connectivity index (χ1n) is 38.2. The summed E-state index contributed by atoms with van der Waals surface area (Å²) >= 11 is 0. The molecule has 0 saturated heterocycles. The quantitative estimate of drug-likeness (QED) is 0.0131. The van der Waals surface area contributed by atoms with Gasteiger partial charge < -0.3 is 77.6 Å². The average molecular weight is 1300 g/mol. The Morgan fingerprint density at radius 2 is 0.871 bits per heavy atom. The Labute approximate surface area is 569 Å². The fourth-order valence-corrected chi connectivity index (χ4v) is 8.84. The minimum Gasteiger partial charge on any atom is -0.460 e. The van der Waals surface area contributed by atoms with E-state index in [9.17, 15) is 45.9 Å². The van der Waals surface area contributed by atoms with Crippen LogP contribution >= 0.6 is 0 Å². The molecule has 0 bridgehead atoms. The molecule has 0 spiro atoms. The molecule has 4 aromatic carbocycles. The predicted molar refractivity (Wildman–Crippen MR) is 360 cm³/mol. The third-order valence-electron chi connectivity index (χ3n) is 13.5. The van der Waals surface area contributed by atoms with E-state index < -0.39 is 210 Å². The Hall–Kier alpha value is -9.07. The second-order valence-electron chi connectivity index (χ2n) is 22.4. The van der Waals surface area contributed by atoms with Gasteiger partial charge in [0, 0.05) is 45.9 Å². The van der Waals surface area contributed by atoms with Gasteiger partial charge in [-0.1, -0.05) is 121 Å². The number of primary amides is 2. The predicted octanol–water partition coefficient (Wildman–Crippen LogP) is 2.04. The molecule has 4 aromatic rings. The zero-order valence-electron chi connectivity index (χ0n) is 68.8. The van der Waals surface area contributed by atoms with Gasteiger partial charge in [-0.3, -0.25) is 53.1 Å². The molecule has 0 saturated carbocycles. The molecule has 93 heavy (non-hydrogen) atoms. The van der Waals surface area contributed by atoms with E-state index in [2.05, 4.69) is 31.3 Å². The minimum absolute atomic E-state index is 0.0108. The molecule has 0 aliphatic carbocycles. The van der Waals surface area contributed by atoms with Crippen molar-refractivity contribution >= 4 is 64.9 Å². The summed E-state index contributed by atoms with van der Waals surface area (Å²) in [5.41, 5.74) is 48.3. The number of nitrogens with zero attached hydrogens (tertiary/aromatic N) is 2. The van der Waals surface area contributed by atoms with Gasteiger partial charge in [0.25, 0.3) is 0 Å². The van der Waals surface area contributed by atoms with Crippen molar-refractivity contribution in [2.45, 2.75) is 166 Å². The Bertz CT molecular complexity index is 3860. The number of ether oxygens (including phenoxy) is 1. The molecule has 0 aliphatic rings. The molecule has 0 radical (unpaired) electrons. The normalized spacial score (nSPS) is 17.1. The standard InChI is InChI=1S/C37H55N7O6.C31H46N8O4/c1-37(2,3)50-32(46)24-28(22-26-15-8-5-9-16-26)35(49)43-29(18-12-20-42-36(40)41)31(45)23-27(21-25-13-6-4-7-14-25)34(48)44-30(33(39)47)17-10-11-19-38;32-16-8-7-14-26(28(34)41)39-29(42)23(18-21-10-3-1-4-11-21)20-27(40)25(15-9-17-37-31(35)36)38-30(43)24(33)19-22-12-5-2-6-13-22/h4-9,13-16,27-30H,10-12,17-24,38H2,1-3H3,(H2,39,47)(H,43,49)(H,44,48)(H4,40,41,42);1-6,10-13,23-26H,7-9,14-20,32-33H2,(H2,34,41)(H,38,43)(H,39,42)(H4,35,36,37)/t27-,28-,29-,30+;23-,24+,25-,26+/m11/s1/i4D,6D,7D,13D,14D,21D2,27D;1D,3D,4D,10D,11D,18D2,23D. The first kappa shape index (κ1) is 55.6. The van der Waals surface area contributed by atoms with Gasteiger partial charge in [-0.25, -0.2) is 0 Å². The molecule has 25 nitrogen and oxygen atoms in total. The SMILES string of the molecule is [2H]c1c([2H])c([2H])c(C([2H])([2H])[C@]([2H])(CC(=O)[C@@H](CCCN=C(N)N)NC(=O)[C@@H](CC(=O)OC(C)(C)C)Cc2ccccc2)C(=O)N[C@@H](CCCCN)C(N)=O)c([2H])c1[2H].[2H]c1c([2H])c([2H])c(C([2H])([2H])[C@]([2H])(CC(=O)[C@@H](CCCN=C(N)N)NC(=O)[C@@H](N)Cc2ccccc2)C(=O)N[C@@H](CCCCN)C(N)=O)c([2H])c1[2H]. The average Bonchev–Trinajstić information content (AvgIpc) is 0.737. The molecule has 4 rings (SSSR count). The number of carbonyl (C=O) groups is 9. The van der Waals surface area contributed by atoms with Crippen molar-refractivity contribution in [3.63, 3.8) is 0 Å². The van der Waals surface area contributed by atoms with Gasteiger partial charge in [-0.05, 0) is 146 Å². The highest BCUT2D eigenvalue weighted by molar-refractivity contribution is 5.96. The van der Waals surface area contributed by atoms with Crippen LogP contribution in [0.25, 0.3) is 0 Å². The number of nitrogens with one attached hydrogen (secondary N) is 4. The number of hydrogen-bond donors (Lipinski definition) is 13. The first-order valence-corrected chi connectivity index (χ1v) is 30.2. The highest BCUT2D eigenvalue weighted by Crippen LogP contribution is 2.22. The summed E-state index contributed by atoms with van der Waals surface area (Å²) in [6, 6.07) is 0.547. The number of nitrogens with two attached hydrogens (primary N) is 9. The Morgan fingerprint density at radius 3 is 1.25 bits per heavy atom. The highest BCUT2D eigenvalue weighted by Gasteiger charge is 2.34. The van der Waals surface area contributed by atoms with Crippen LogP contribution in [-0.2, 0) is 73.5 Å². The molecule has 8 atom stereocenters. The zero-order chi connectivity index (χ0) is 82.9. The number of ketones is 2. The van der Waals surface area contributed by atoms with Crippen LogP contribution < -0.4 is 72.9 Å². The summed E-state index contributed by atoms with van der Waals surface area (Å²) in [5.74, 6) is -17.9. The number of hydrogen-bond acceptors (Lipinski definition) is 15. The van der Waals surface area contributed by atoms with Crippen molar-refractivity contribution in [3.8, 4) is 0 Å². The van der Waals surface area contributed by atoms with E-state index >= 15 is 0 Å². The third kappa shape index (κ3) is 33.2. The topological polar surface area (TPSA) is 470 Å². The molecule has 22 N–H and O–H groups in total. The summed E-state index contributed by atoms with van der Waals surface area (Å²) < 4.78 is 142. The van der Waals surface area contributed by atoms with Crippen LogP contribution in [0.2, 0.25) is 0 Å². The fourth-order valence-electron chi connectivity index (χ4n) is 8.84. The van der Waals surface area contributed by atoms with Crippen molar-refractivity contribution in [3.05, 3.63) is 143 Å². The van der Waals surface area contributed by atoms with Gasteiger partial charge in [0.05, 0.1) is 44.2 Å². The molecule has 0 fully saturated rings. The Balaban J connectivity index is 0.000000570. The summed E-state index contributed by atoms with van der Waals surface area (Å²) in [5, 5.41) is 9.57. The summed E-state index contributed by atoms with van der Waals surface area (Å²) in [7, 11) is 0. The van der Waals surface area contributed by atoms with Crippen LogP contribution in [0.15, 0.2) is 131 Å². The van der Waals surface area contributed by atoms with Gasteiger partial charge in [0.1, 0.15) is 17.7 Å². The summed E-state index contributed by atoms with van der Waals surface area (Å²) in [4.78, 5) is 129.